The molecule has 1 heterocycles. The van der Waals surface area contributed by atoms with E-state index in [2.05, 4.69) is 32.6 Å². The van der Waals surface area contributed by atoms with E-state index in [1.807, 2.05) is 13.8 Å². The van der Waals surface area contributed by atoms with Gasteiger partial charge in [-0.15, -0.1) is 0 Å². The number of carbonyl (C=O) groups is 1. The van der Waals surface area contributed by atoms with Gasteiger partial charge < -0.3 is 4.74 Å². The molecule has 3 unspecified atom stereocenters. The van der Waals surface area contributed by atoms with Gasteiger partial charge in [-0.2, -0.15) is 0 Å². The predicted molar refractivity (Wildman–Crippen MR) is 55.8 cm³/mol. The minimum absolute atomic E-state index is 0.0910. The van der Waals surface area contributed by atoms with Crippen molar-refractivity contribution in [1.82, 2.24) is 4.90 Å². The largest absolute Gasteiger partial charge is 0.445 e. The third kappa shape index (κ3) is 1.92. The molecular weight excluding hydrogens is 178 g/mol. The molecule has 0 saturated carbocycles. The smallest absolute Gasteiger partial charge is 0.324 e. The van der Waals surface area contributed by atoms with E-state index in [9.17, 15) is 4.79 Å². The van der Waals surface area contributed by atoms with Gasteiger partial charge in [0.15, 0.2) is 6.23 Å². The van der Waals surface area contributed by atoms with Crippen molar-refractivity contribution in [3.63, 3.8) is 0 Å². The maximum Gasteiger partial charge on any atom is 0.324 e. The van der Waals surface area contributed by atoms with Crippen molar-refractivity contribution in [3.05, 3.63) is 0 Å². The molecule has 0 aromatic carbocycles. The standard InChI is InChI=1S/C11H21NO2/c1-7-10(13)14-9(3)12(7)8(2)11(4,5)6/h7-9H,1-6H3. The highest BCUT2D eigenvalue weighted by Gasteiger charge is 2.42. The van der Waals surface area contributed by atoms with Crippen LogP contribution in [-0.4, -0.2) is 29.2 Å². The zero-order chi connectivity index (χ0) is 11.1. The Morgan fingerprint density at radius 2 is 1.86 bits per heavy atom. The molecule has 0 aliphatic carbocycles. The third-order valence-corrected chi connectivity index (χ3v) is 3.20. The molecule has 1 rings (SSSR count). The Morgan fingerprint density at radius 1 is 1.36 bits per heavy atom. The van der Waals surface area contributed by atoms with Gasteiger partial charge in [-0.1, -0.05) is 20.8 Å². The summed E-state index contributed by atoms with van der Waals surface area (Å²) in [6.07, 6.45) is -0.0910. The monoisotopic (exact) mass is 199 g/mol. The highest BCUT2D eigenvalue weighted by molar-refractivity contribution is 5.77. The van der Waals surface area contributed by atoms with Crippen LogP contribution in [0.2, 0.25) is 0 Å². The topological polar surface area (TPSA) is 29.5 Å². The van der Waals surface area contributed by atoms with Crippen LogP contribution in [0, 0.1) is 5.41 Å². The second kappa shape index (κ2) is 3.54. The lowest BCUT2D eigenvalue weighted by molar-refractivity contribution is -0.141. The summed E-state index contributed by atoms with van der Waals surface area (Å²) >= 11 is 0. The fraction of sp³-hybridized carbons (Fsp3) is 0.909. The van der Waals surface area contributed by atoms with E-state index in [0.717, 1.165) is 0 Å². The number of cyclic esters (lactones) is 1. The summed E-state index contributed by atoms with van der Waals surface area (Å²) in [5.74, 6) is -0.103. The zero-order valence-corrected chi connectivity index (χ0v) is 10.00. The van der Waals surface area contributed by atoms with Crippen LogP contribution in [0.3, 0.4) is 0 Å². The number of nitrogens with zero attached hydrogens (tertiary/aromatic N) is 1. The molecule has 0 N–H and O–H groups in total. The van der Waals surface area contributed by atoms with Gasteiger partial charge in [-0.3, -0.25) is 9.69 Å². The first-order valence-electron chi connectivity index (χ1n) is 5.23. The minimum Gasteiger partial charge on any atom is -0.445 e. The molecule has 0 aromatic heterocycles. The molecule has 1 aliphatic heterocycles. The normalized spacial score (nSPS) is 31.7. The van der Waals surface area contributed by atoms with Gasteiger partial charge in [0.1, 0.15) is 6.04 Å². The fourth-order valence-electron chi connectivity index (χ4n) is 1.86. The Kier molecular flexibility index (Phi) is 2.91. The number of hydrogen-bond donors (Lipinski definition) is 0. The van der Waals surface area contributed by atoms with Crippen molar-refractivity contribution < 1.29 is 9.53 Å². The Hall–Kier alpha value is -0.570. The predicted octanol–water partition coefficient (Wildman–Crippen LogP) is 2.01. The molecule has 82 valence electrons. The summed E-state index contributed by atoms with van der Waals surface area (Å²) in [5, 5.41) is 0. The Labute approximate surface area is 86.4 Å². The molecule has 0 amide bonds. The maximum absolute atomic E-state index is 11.4. The molecular formula is C11H21NO2. The summed E-state index contributed by atoms with van der Waals surface area (Å²) in [6.45, 7) is 12.5. The van der Waals surface area contributed by atoms with Crippen molar-refractivity contribution in [2.75, 3.05) is 0 Å². The number of hydrogen-bond acceptors (Lipinski definition) is 3. The molecule has 0 aromatic rings. The highest BCUT2D eigenvalue weighted by atomic mass is 16.6. The molecule has 1 aliphatic rings. The summed E-state index contributed by atoms with van der Waals surface area (Å²) in [5.41, 5.74) is 0.163. The van der Waals surface area contributed by atoms with Gasteiger partial charge in [-0.05, 0) is 26.2 Å². The molecule has 3 heteroatoms. The summed E-state index contributed by atoms with van der Waals surface area (Å²) in [4.78, 5) is 13.5. The van der Waals surface area contributed by atoms with Crippen LogP contribution in [0.15, 0.2) is 0 Å². The fourth-order valence-corrected chi connectivity index (χ4v) is 1.86. The van der Waals surface area contributed by atoms with E-state index < -0.39 is 0 Å². The van der Waals surface area contributed by atoms with E-state index in [0.29, 0.717) is 6.04 Å². The van der Waals surface area contributed by atoms with E-state index in [1.165, 1.54) is 0 Å². The van der Waals surface area contributed by atoms with Crippen molar-refractivity contribution in [2.24, 2.45) is 5.41 Å². The second-order valence-electron chi connectivity index (χ2n) is 5.20. The molecule has 14 heavy (non-hydrogen) atoms. The average molecular weight is 199 g/mol. The van der Waals surface area contributed by atoms with Gasteiger partial charge in [0.25, 0.3) is 0 Å². The minimum atomic E-state index is -0.112. The van der Waals surface area contributed by atoms with E-state index in [4.69, 9.17) is 4.74 Å². The number of ether oxygens (including phenoxy) is 1. The lowest BCUT2D eigenvalue weighted by atomic mass is 9.86. The van der Waals surface area contributed by atoms with Gasteiger partial charge >= 0.3 is 5.97 Å². The summed E-state index contributed by atoms with van der Waals surface area (Å²) < 4.78 is 5.19. The van der Waals surface area contributed by atoms with Crippen LogP contribution in [0.5, 0.6) is 0 Å². The van der Waals surface area contributed by atoms with Crippen LogP contribution < -0.4 is 0 Å². The lowest BCUT2D eigenvalue weighted by Gasteiger charge is -2.37. The first-order valence-corrected chi connectivity index (χ1v) is 5.23. The van der Waals surface area contributed by atoms with Gasteiger partial charge in [0.05, 0.1) is 0 Å². The first kappa shape index (κ1) is 11.5. The van der Waals surface area contributed by atoms with Gasteiger partial charge in [-0.25, -0.2) is 0 Å². The number of esters is 1. The number of rotatable bonds is 1. The van der Waals surface area contributed by atoms with Crippen molar-refractivity contribution in [3.8, 4) is 0 Å². The van der Waals surface area contributed by atoms with Crippen LogP contribution in [-0.2, 0) is 9.53 Å². The van der Waals surface area contributed by atoms with Crippen molar-refractivity contribution in [1.29, 1.82) is 0 Å². The van der Waals surface area contributed by atoms with Crippen molar-refractivity contribution in [2.45, 2.75) is 59.9 Å². The van der Waals surface area contributed by atoms with Crippen LogP contribution >= 0.6 is 0 Å². The van der Waals surface area contributed by atoms with Crippen LogP contribution in [0.4, 0.5) is 0 Å². The Balaban J connectivity index is 2.82. The number of carbonyl (C=O) groups excluding carboxylic acids is 1. The summed E-state index contributed by atoms with van der Waals surface area (Å²) in [7, 11) is 0. The third-order valence-electron chi connectivity index (χ3n) is 3.20. The SMILES string of the molecule is CC1OC(=O)C(C)N1C(C)C(C)(C)C. The van der Waals surface area contributed by atoms with E-state index >= 15 is 0 Å². The molecule has 0 bridgehead atoms. The second-order valence-corrected chi connectivity index (χ2v) is 5.20. The zero-order valence-electron chi connectivity index (χ0n) is 10.00. The highest BCUT2D eigenvalue weighted by Crippen LogP contribution is 2.30. The Morgan fingerprint density at radius 3 is 2.14 bits per heavy atom. The Bertz CT molecular complexity index is 232. The average Bonchev–Trinajstić information content (AvgIpc) is 2.24. The molecule has 1 saturated heterocycles. The quantitative estimate of drug-likeness (QED) is 0.605. The van der Waals surface area contributed by atoms with Crippen LogP contribution in [0.1, 0.15) is 41.5 Å². The molecule has 3 nitrogen and oxygen atoms in total. The molecule has 0 spiro atoms. The van der Waals surface area contributed by atoms with Gasteiger partial charge in [0, 0.05) is 6.04 Å². The lowest BCUT2D eigenvalue weighted by Crippen LogP contribution is -2.47. The van der Waals surface area contributed by atoms with Gasteiger partial charge in [0.2, 0.25) is 0 Å². The molecule has 1 fully saturated rings. The van der Waals surface area contributed by atoms with E-state index in [1.54, 1.807) is 0 Å². The summed E-state index contributed by atoms with van der Waals surface area (Å²) in [6, 6.07) is 0.221. The van der Waals surface area contributed by atoms with E-state index in [-0.39, 0.29) is 23.7 Å². The first-order chi connectivity index (χ1) is 6.25. The molecule has 3 atom stereocenters. The molecule has 0 radical (unpaired) electrons. The van der Waals surface area contributed by atoms with Crippen LogP contribution in [0.25, 0.3) is 0 Å². The van der Waals surface area contributed by atoms with Crippen molar-refractivity contribution >= 4 is 5.97 Å². The maximum atomic E-state index is 11.4.